The first kappa shape index (κ1) is 13.6. The Hall–Kier alpha value is -1.46. The first-order valence-electron chi connectivity index (χ1n) is 6.12. The van der Waals surface area contributed by atoms with E-state index < -0.39 is 0 Å². The maximum Gasteiger partial charge on any atom is 0.119 e. The third-order valence-electron chi connectivity index (χ3n) is 2.76. The van der Waals surface area contributed by atoms with Crippen molar-refractivity contribution in [3.8, 4) is 18.1 Å². The Morgan fingerprint density at radius 2 is 2.29 bits per heavy atom. The van der Waals surface area contributed by atoms with E-state index in [0.717, 1.165) is 31.6 Å². The monoisotopic (exact) mass is 231 g/mol. The summed E-state index contributed by atoms with van der Waals surface area (Å²) in [4.78, 5) is 0. The van der Waals surface area contributed by atoms with E-state index in [1.807, 2.05) is 12.1 Å². The molecule has 92 valence electrons. The molecule has 0 saturated heterocycles. The predicted octanol–water partition coefficient (Wildman–Crippen LogP) is 3.15. The molecule has 2 heteroatoms. The molecule has 0 spiro atoms. The Bertz CT molecular complexity index is 367. The number of nitrogens with one attached hydrogen (secondary N) is 1. The molecular formula is C15H21NO. The molecule has 0 heterocycles. The Labute approximate surface area is 104 Å². The van der Waals surface area contributed by atoms with Crippen molar-refractivity contribution >= 4 is 0 Å². The third-order valence-corrected chi connectivity index (χ3v) is 2.76. The van der Waals surface area contributed by atoms with E-state index in [1.165, 1.54) is 5.56 Å². The molecule has 1 aromatic carbocycles. The van der Waals surface area contributed by atoms with Gasteiger partial charge in [-0.15, -0.1) is 12.3 Å². The molecule has 0 aliphatic rings. The van der Waals surface area contributed by atoms with E-state index >= 15 is 0 Å². The molecule has 1 N–H and O–H groups in total. The topological polar surface area (TPSA) is 21.3 Å². The third kappa shape index (κ3) is 4.50. The van der Waals surface area contributed by atoms with E-state index in [0.29, 0.717) is 6.04 Å². The molecule has 0 amide bonds. The van der Waals surface area contributed by atoms with Crippen molar-refractivity contribution in [2.75, 3.05) is 13.7 Å². The summed E-state index contributed by atoms with van der Waals surface area (Å²) in [6.07, 6.45) is 8.23. The second-order valence-corrected chi connectivity index (χ2v) is 3.98. The number of terminal acetylenes is 1. The van der Waals surface area contributed by atoms with Gasteiger partial charge in [0.25, 0.3) is 0 Å². The quantitative estimate of drug-likeness (QED) is 0.575. The summed E-state index contributed by atoms with van der Waals surface area (Å²) >= 11 is 0. The summed E-state index contributed by atoms with van der Waals surface area (Å²) in [6.45, 7) is 3.08. The van der Waals surface area contributed by atoms with Gasteiger partial charge in [0, 0.05) is 12.5 Å². The molecule has 0 aliphatic carbocycles. The molecule has 1 unspecified atom stereocenters. The van der Waals surface area contributed by atoms with Crippen molar-refractivity contribution in [3.05, 3.63) is 29.8 Å². The fourth-order valence-corrected chi connectivity index (χ4v) is 1.90. The Morgan fingerprint density at radius 1 is 1.47 bits per heavy atom. The van der Waals surface area contributed by atoms with Crippen molar-refractivity contribution in [2.45, 2.75) is 32.2 Å². The van der Waals surface area contributed by atoms with Crippen LogP contribution in [0.2, 0.25) is 0 Å². The van der Waals surface area contributed by atoms with Crippen LogP contribution in [0.25, 0.3) is 0 Å². The Morgan fingerprint density at radius 3 is 2.94 bits per heavy atom. The number of hydrogen-bond acceptors (Lipinski definition) is 2. The zero-order chi connectivity index (χ0) is 12.5. The van der Waals surface area contributed by atoms with Crippen molar-refractivity contribution in [3.63, 3.8) is 0 Å². The van der Waals surface area contributed by atoms with Crippen LogP contribution in [0.15, 0.2) is 24.3 Å². The van der Waals surface area contributed by atoms with Gasteiger partial charge in [0.15, 0.2) is 0 Å². The maximum absolute atomic E-state index is 5.28. The van der Waals surface area contributed by atoms with Crippen LogP contribution in [0.1, 0.15) is 37.8 Å². The van der Waals surface area contributed by atoms with Crippen LogP contribution in [0, 0.1) is 12.3 Å². The minimum Gasteiger partial charge on any atom is -0.497 e. The predicted molar refractivity (Wildman–Crippen MR) is 72.1 cm³/mol. The van der Waals surface area contributed by atoms with Crippen LogP contribution >= 0.6 is 0 Å². The molecule has 0 aliphatic heterocycles. The molecule has 1 aromatic rings. The molecule has 17 heavy (non-hydrogen) atoms. The van der Waals surface area contributed by atoms with E-state index in [-0.39, 0.29) is 0 Å². The van der Waals surface area contributed by atoms with Crippen LogP contribution in [-0.4, -0.2) is 13.7 Å². The first-order chi connectivity index (χ1) is 8.31. The SMILES string of the molecule is C#CCCCC(NCC)c1cccc(OC)c1. The number of rotatable bonds is 7. The van der Waals surface area contributed by atoms with Gasteiger partial charge in [-0.3, -0.25) is 0 Å². The summed E-state index contributed by atoms with van der Waals surface area (Å²) < 4.78 is 5.25. The van der Waals surface area contributed by atoms with E-state index in [9.17, 15) is 0 Å². The lowest BCUT2D eigenvalue weighted by Crippen LogP contribution is -2.20. The van der Waals surface area contributed by atoms with Crippen LogP contribution < -0.4 is 10.1 Å². The first-order valence-corrected chi connectivity index (χ1v) is 6.12. The lowest BCUT2D eigenvalue weighted by Gasteiger charge is -2.18. The standard InChI is InChI=1S/C15H21NO/c1-4-6-7-11-15(16-5-2)13-9-8-10-14(12-13)17-3/h1,8-10,12,15-16H,5-7,11H2,2-3H3. The van der Waals surface area contributed by atoms with Gasteiger partial charge in [-0.2, -0.15) is 0 Å². The Balaban J connectivity index is 2.70. The van der Waals surface area contributed by atoms with Crippen molar-refractivity contribution < 1.29 is 4.74 Å². The van der Waals surface area contributed by atoms with Gasteiger partial charge >= 0.3 is 0 Å². The van der Waals surface area contributed by atoms with Gasteiger partial charge in [0.2, 0.25) is 0 Å². The summed E-state index contributed by atoms with van der Waals surface area (Å²) in [5.41, 5.74) is 1.27. The molecular weight excluding hydrogens is 210 g/mol. The molecule has 1 atom stereocenters. The normalized spacial score (nSPS) is 11.8. The summed E-state index contributed by atoms with van der Waals surface area (Å²) in [6, 6.07) is 8.58. The zero-order valence-corrected chi connectivity index (χ0v) is 10.7. The molecule has 0 aromatic heterocycles. The average Bonchev–Trinajstić information content (AvgIpc) is 2.38. The highest BCUT2D eigenvalue weighted by Gasteiger charge is 2.10. The van der Waals surface area contributed by atoms with Crippen LogP contribution in [0.4, 0.5) is 0 Å². The summed E-state index contributed by atoms with van der Waals surface area (Å²) in [5.74, 6) is 3.59. The highest BCUT2D eigenvalue weighted by atomic mass is 16.5. The second kappa shape index (κ2) is 7.76. The number of ether oxygens (including phenoxy) is 1. The number of methoxy groups -OCH3 is 1. The fraction of sp³-hybridized carbons (Fsp3) is 0.467. The van der Waals surface area contributed by atoms with Gasteiger partial charge in [-0.1, -0.05) is 19.1 Å². The lowest BCUT2D eigenvalue weighted by molar-refractivity contribution is 0.412. The number of hydrogen-bond donors (Lipinski definition) is 1. The van der Waals surface area contributed by atoms with Crippen molar-refractivity contribution in [1.29, 1.82) is 0 Å². The van der Waals surface area contributed by atoms with Crippen LogP contribution in [0.5, 0.6) is 5.75 Å². The highest BCUT2D eigenvalue weighted by molar-refractivity contribution is 5.30. The van der Waals surface area contributed by atoms with Crippen LogP contribution in [0.3, 0.4) is 0 Å². The summed E-state index contributed by atoms with van der Waals surface area (Å²) in [7, 11) is 1.69. The smallest absolute Gasteiger partial charge is 0.119 e. The Kier molecular flexibility index (Phi) is 6.21. The maximum atomic E-state index is 5.28. The van der Waals surface area contributed by atoms with E-state index in [4.69, 9.17) is 11.2 Å². The minimum absolute atomic E-state index is 0.364. The minimum atomic E-state index is 0.364. The molecule has 1 rings (SSSR count). The largest absolute Gasteiger partial charge is 0.497 e. The highest BCUT2D eigenvalue weighted by Crippen LogP contribution is 2.23. The van der Waals surface area contributed by atoms with E-state index in [1.54, 1.807) is 7.11 Å². The van der Waals surface area contributed by atoms with Gasteiger partial charge in [-0.25, -0.2) is 0 Å². The average molecular weight is 231 g/mol. The molecule has 0 saturated carbocycles. The lowest BCUT2D eigenvalue weighted by atomic mass is 10.0. The fourth-order valence-electron chi connectivity index (χ4n) is 1.90. The number of benzene rings is 1. The van der Waals surface area contributed by atoms with E-state index in [2.05, 4.69) is 30.3 Å². The number of unbranched alkanes of at least 4 members (excludes halogenated alkanes) is 1. The van der Waals surface area contributed by atoms with Crippen LogP contribution in [-0.2, 0) is 0 Å². The zero-order valence-electron chi connectivity index (χ0n) is 10.7. The van der Waals surface area contributed by atoms with Crippen molar-refractivity contribution in [2.24, 2.45) is 0 Å². The summed E-state index contributed by atoms with van der Waals surface area (Å²) in [5, 5.41) is 3.48. The molecule has 0 bridgehead atoms. The molecule has 2 nitrogen and oxygen atoms in total. The van der Waals surface area contributed by atoms with Gasteiger partial charge < -0.3 is 10.1 Å². The molecule has 0 radical (unpaired) electrons. The molecule has 0 fully saturated rings. The van der Waals surface area contributed by atoms with Gasteiger partial charge in [0.05, 0.1) is 7.11 Å². The van der Waals surface area contributed by atoms with Gasteiger partial charge in [0.1, 0.15) is 5.75 Å². The van der Waals surface area contributed by atoms with Crippen molar-refractivity contribution in [1.82, 2.24) is 5.32 Å². The second-order valence-electron chi connectivity index (χ2n) is 3.98. The van der Waals surface area contributed by atoms with Gasteiger partial charge in [-0.05, 0) is 37.1 Å².